The van der Waals surface area contributed by atoms with Crippen LogP contribution in [0.15, 0.2) is 0 Å². The normalized spacial score (nSPS) is 10.9. The van der Waals surface area contributed by atoms with Crippen LogP contribution < -0.4 is 5.73 Å². The molecule has 0 fully saturated rings. The van der Waals surface area contributed by atoms with Gasteiger partial charge in [0.25, 0.3) is 0 Å². The molecule has 16 heavy (non-hydrogen) atoms. The highest BCUT2D eigenvalue weighted by Gasteiger charge is 1.91. The molecule has 0 spiro atoms. The van der Waals surface area contributed by atoms with Crippen molar-refractivity contribution in [1.82, 2.24) is 0 Å². The number of nitrogens with two attached hydrogens (primary N) is 1. The molecule has 0 aromatic heterocycles. The summed E-state index contributed by atoms with van der Waals surface area (Å²) >= 11 is 0. The number of unbranched alkanes of at least 4 members (excludes halogenated alkanes) is 5. The van der Waals surface area contributed by atoms with Gasteiger partial charge in [-0.1, -0.05) is 26.2 Å². The zero-order chi connectivity index (χ0) is 11.9. The lowest BCUT2D eigenvalue weighted by Crippen LogP contribution is -2.06. The summed E-state index contributed by atoms with van der Waals surface area (Å²) in [7, 11) is 0. The van der Waals surface area contributed by atoms with Gasteiger partial charge >= 0.3 is 0 Å². The van der Waals surface area contributed by atoms with E-state index in [0.717, 1.165) is 45.8 Å². The van der Waals surface area contributed by atoms with E-state index in [-0.39, 0.29) is 0 Å². The SMILES string of the molecule is CCCCCCOCCOCCCCCN. The van der Waals surface area contributed by atoms with Crippen molar-refractivity contribution in [3.05, 3.63) is 0 Å². The number of rotatable bonds is 13. The molecule has 2 N–H and O–H groups in total. The molecular formula is C13H29NO2. The molecule has 0 saturated heterocycles. The zero-order valence-corrected chi connectivity index (χ0v) is 10.9. The van der Waals surface area contributed by atoms with E-state index in [1.165, 1.54) is 32.1 Å². The average Bonchev–Trinajstić information content (AvgIpc) is 2.31. The molecule has 0 heterocycles. The molecule has 3 heteroatoms. The van der Waals surface area contributed by atoms with E-state index in [9.17, 15) is 0 Å². The molecule has 0 rings (SSSR count). The van der Waals surface area contributed by atoms with Crippen molar-refractivity contribution in [3.8, 4) is 0 Å². The van der Waals surface area contributed by atoms with Crippen LogP contribution in [0.4, 0.5) is 0 Å². The van der Waals surface area contributed by atoms with Crippen LogP contribution in [-0.4, -0.2) is 33.0 Å². The van der Waals surface area contributed by atoms with Gasteiger partial charge in [0.1, 0.15) is 0 Å². The van der Waals surface area contributed by atoms with Gasteiger partial charge in [-0.3, -0.25) is 0 Å². The minimum absolute atomic E-state index is 0.733. The first-order chi connectivity index (χ1) is 7.91. The van der Waals surface area contributed by atoms with Gasteiger partial charge in [-0.2, -0.15) is 0 Å². The lowest BCUT2D eigenvalue weighted by Gasteiger charge is -2.05. The summed E-state index contributed by atoms with van der Waals surface area (Å²) in [4.78, 5) is 0. The minimum atomic E-state index is 0.733. The lowest BCUT2D eigenvalue weighted by molar-refractivity contribution is 0.0449. The quantitative estimate of drug-likeness (QED) is 0.496. The van der Waals surface area contributed by atoms with E-state index in [1.54, 1.807) is 0 Å². The highest BCUT2D eigenvalue weighted by atomic mass is 16.5. The minimum Gasteiger partial charge on any atom is -0.379 e. The molecule has 98 valence electrons. The van der Waals surface area contributed by atoms with Gasteiger partial charge in [0.2, 0.25) is 0 Å². The standard InChI is InChI=1S/C13H29NO2/c1-2-3-4-7-10-15-12-13-16-11-8-5-6-9-14/h2-14H2,1H3. The monoisotopic (exact) mass is 231 g/mol. The number of ether oxygens (including phenoxy) is 2. The topological polar surface area (TPSA) is 44.5 Å². The van der Waals surface area contributed by atoms with Crippen LogP contribution in [-0.2, 0) is 9.47 Å². The first-order valence-electron chi connectivity index (χ1n) is 6.77. The fraction of sp³-hybridized carbons (Fsp3) is 1.00. The van der Waals surface area contributed by atoms with Gasteiger partial charge in [0.05, 0.1) is 13.2 Å². The summed E-state index contributed by atoms with van der Waals surface area (Å²) in [6.07, 6.45) is 8.48. The Hall–Kier alpha value is -0.120. The Morgan fingerprint density at radius 2 is 1.25 bits per heavy atom. The van der Waals surface area contributed by atoms with Crippen molar-refractivity contribution < 1.29 is 9.47 Å². The van der Waals surface area contributed by atoms with Gasteiger partial charge in [-0.15, -0.1) is 0 Å². The van der Waals surface area contributed by atoms with Crippen LogP contribution in [0.25, 0.3) is 0 Å². The molecule has 0 unspecified atom stereocenters. The lowest BCUT2D eigenvalue weighted by atomic mass is 10.2. The van der Waals surface area contributed by atoms with Crippen molar-refractivity contribution in [3.63, 3.8) is 0 Å². The van der Waals surface area contributed by atoms with Crippen molar-refractivity contribution in [1.29, 1.82) is 0 Å². The second-order valence-electron chi connectivity index (χ2n) is 4.13. The maximum atomic E-state index is 5.46. The Morgan fingerprint density at radius 1 is 0.688 bits per heavy atom. The maximum absolute atomic E-state index is 5.46. The molecule has 0 aromatic rings. The molecule has 0 aliphatic heterocycles. The summed E-state index contributed by atoms with van der Waals surface area (Å²) in [5.41, 5.74) is 5.40. The molecule has 0 radical (unpaired) electrons. The number of hydrogen-bond acceptors (Lipinski definition) is 3. The fourth-order valence-corrected chi connectivity index (χ4v) is 1.48. The van der Waals surface area contributed by atoms with Crippen LogP contribution in [0.2, 0.25) is 0 Å². The van der Waals surface area contributed by atoms with Crippen LogP contribution in [0.5, 0.6) is 0 Å². The third-order valence-corrected chi connectivity index (χ3v) is 2.51. The Bertz CT molecular complexity index is 107. The van der Waals surface area contributed by atoms with Gasteiger partial charge in [-0.25, -0.2) is 0 Å². The number of hydrogen-bond donors (Lipinski definition) is 1. The maximum Gasteiger partial charge on any atom is 0.0700 e. The molecule has 0 atom stereocenters. The summed E-state index contributed by atoms with van der Waals surface area (Å²) in [5, 5.41) is 0. The molecule has 0 aliphatic rings. The third kappa shape index (κ3) is 13.9. The second kappa shape index (κ2) is 14.9. The summed E-state index contributed by atoms with van der Waals surface area (Å²) < 4.78 is 10.9. The van der Waals surface area contributed by atoms with Gasteiger partial charge < -0.3 is 15.2 Å². The molecule has 0 saturated carbocycles. The van der Waals surface area contributed by atoms with Crippen LogP contribution in [0.3, 0.4) is 0 Å². The smallest absolute Gasteiger partial charge is 0.0700 e. The third-order valence-electron chi connectivity index (χ3n) is 2.51. The summed E-state index contributed by atoms with van der Waals surface area (Å²) in [6.45, 7) is 6.22. The van der Waals surface area contributed by atoms with E-state index in [4.69, 9.17) is 15.2 Å². The van der Waals surface area contributed by atoms with Crippen molar-refractivity contribution in [2.45, 2.75) is 51.9 Å². The Labute approximate surface area is 101 Å². The van der Waals surface area contributed by atoms with Crippen molar-refractivity contribution in [2.75, 3.05) is 33.0 Å². The molecule has 0 bridgehead atoms. The van der Waals surface area contributed by atoms with Crippen LogP contribution >= 0.6 is 0 Å². The largest absolute Gasteiger partial charge is 0.379 e. The van der Waals surface area contributed by atoms with Gasteiger partial charge in [-0.05, 0) is 32.2 Å². The Balaban J connectivity index is 2.83. The molecule has 3 nitrogen and oxygen atoms in total. The first-order valence-corrected chi connectivity index (χ1v) is 6.77. The predicted molar refractivity (Wildman–Crippen MR) is 68.7 cm³/mol. The van der Waals surface area contributed by atoms with Crippen molar-refractivity contribution in [2.24, 2.45) is 5.73 Å². The summed E-state index contributed by atoms with van der Waals surface area (Å²) in [5.74, 6) is 0. The zero-order valence-electron chi connectivity index (χ0n) is 10.9. The Kier molecular flexibility index (Phi) is 14.8. The highest BCUT2D eigenvalue weighted by molar-refractivity contribution is 4.42. The van der Waals surface area contributed by atoms with Gasteiger partial charge in [0, 0.05) is 13.2 Å². The molecule has 0 aliphatic carbocycles. The highest BCUT2D eigenvalue weighted by Crippen LogP contribution is 1.98. The van der Waals surface area contributed by atoms with Crippen molar-refractivity contribution >= 4 is 0 Å². The Morgan fingerprint density at radius 3 is 1.75 bits per heavy atom. The van der Waals surface area contributed by atoms with E-state index in [0.29, 0.717) is 0 Å². The van der Waals surface area contributed by atoms with E-state index in [2.05, 4.69) is 6.92 Å². The first kappa shape index (κ1) is 15.9. The predicted octanol–water partition coefficient (Wildman–Crippen LogP) is 2.73. The molecule has 0 aromatic carbocycles. The fourth-order valence-electron chi connectivity index (χ4n) is 1.48. The summed E-state index contributed by atoms with van der Waals surface area (Å²) in [6, 6.07) is 0. The van der Waals surface area contributed by atoms with Crippen LogP contribution in [0, 0.1) is 0 Å². The van der Waals surface area contributed by atoms with Crippen LogP contribution in [0.1, 0.15) is 51.9 Å². The molecular weight excluding hydrogens is 202 g/mol. The van der Waals surface area contributed by atoms with E-state index >= 15 is 0 Å². The van der Waals surface area contributed by atoms with Gasteiger partial charge in [0.15, 0.2) is 0 Å². The average molecular weight is 231 g/mol. The van der Waals surface area contributed by atoms with E-state index in [1.807, 2.05) is 0 Å². The van der Waals surface area contributed by atoms with E-state index < -0.39 is 0 Å². The molecule has 0 amide bonds. The second-order valence-corrected chi connectivity index (χ2v) is 4.13.